The number of anilines is 1. The Morgan fingerprint density at radius 3 is 2.56 bits per heavy atom. The average Bonchev–Trinajstić information content (AvgIpc) is 3.12. The molecular weight excluding hydrogens is 346 g/mol. The Bertz CT molecular complexity index is 1010. The van der Waals surface area contributed by atoms with Gasteiger partial charge in [-0.1, -0.05) is 12.1 Å². The van der Waals surface area contributed by atoms with Crippen LogP contribution >= 0.6 is 0 Å². The molecule has 2 N–H and O–H groups in total. The zero-order valence-corrected chi connectivity index (χ0v) is 14.5. The number of carboxylic acids is 1. The van der Waals surface area contributed by atoms with Crippen LogP contribution < -0.4 is 14.8 Å². The van der Waals surface area contributed by atoms with Crippen LogP contribution in [0.1, 0.15) is 46.7 Å². The van der Waals surface area contributed by atoms with Crippen molar-refractivity contribution in [1.29, 1.82) is 0 Å². The molecule has 2 aromatic carbocycles. The summed E-state index contributed by atoms with van der Waals surface area (Å²) >= 11 is 0. The highest BCUT2D eigenvalue weighted by Gasteiger charge is 2.36. The first-order chi connectivity index (χ1) is 13.1. The fourth-order valence-corrected chi connectivity index (χ4v) is 4.12. The number of carboxylic acid groups (broad SMARTS) is 1. The van der Waals surface area contributed by atoms with Crippen molar-refractivity contribution in [3.63, 3.8) is 0 Å². The van der Waals surface area contributed by atoms with Crippen LogP contribution in [-0.2, 0) is 4.79 Å². The van der Waals surface area contributed by atoms with Gasteiger partial charge in [-0.15, -0.1) is 0 Å². The molecule has 0 saturated carbocycles. The van der Waals surface area contributed by atoms with Gasteiger partial charge in [-0.25, -0.2) is 4.79 Å². The first-order valence-electron chi connectivity index (χ1n) is 8.92. The standard InChI is InChI=1S/C21H17NO5/c23-16-3-1-2-14-20(16)19(11-4-6-12(7-5-11)21(24)25)13-8-17-18(27-10-26-17)9-15(13)22-14/h4-9,19,22H,1-3,10H2,(H,24,25). The number of nitrogens with one attached hydrogen (secondary N) is 1. The van der Waals surface area contributed by atoms with E-state index in [4.69, 9.17) is 9.47 Å². The number of Topliss-reactive ketones (excluding diaryl/α,β-unsaturated/α-hetero) is 1. The molecule has 0 radical (unpaired) electrons. The summed E-state index contributed by atoms with van der Waals surface area (Å²) in [6.45, 7) is 0.183. The van der Waals surface area contributed by atoms with Gasteiger partial charge in [-0.2, -0.15) is 0 Å². The summed E-state index contributed by atoms with van der Waals surface area (Å²) < 4.78 is 11.0. The van der Waals surface area contributed by atoms with Crippen LogP contribution in [0.15, 0.2) is 47.7 Å². The fourth-order valence-electron chi connectivity index (χ4n) is 4.12. The number of hydrogen-bond acceptors (Lipinski definition) is 5. The molecule has 0 spiro atoms. The van der Waals surface area contributed by atoms with Crippen LogP contribution in [0.25, 0.3) is 0 Å². The molecule has 1 unspecified atom stereocenters. The minimum absolute atomic E-state index is 0.138. The molecule has 2 heterocycles. The molecule has 1 aliphatic carbocycles. The van der Waals surface area contributed by atoms with E-state index in [1.807, 2.05) is 12.1 Å². The third-order valence-electron chi connectivity index (χ3n) is 5.38. The second-order valence-corrected chi connectivity index (χ2v) is 6.95. The van der Waals surface area contributed by atoms with Crippen LogP contribution in [0.3, 0.4) is 0 Å². The number of allylic oxidation sites excluding steroid dienone is 2. The van der Waals surface area contributed by atoms with Gasteiger partial charge in [0, 0.05) is 35.4 Å². The van der Waals surface area contributed by atoms with Gasteiger partial charge in [0.05, 0.1) is 5.56 Å². The van der Waals surface area contributed by atoms with Gasteiger partial charge in [-0.3, -0.25) is 4.79 Å². The van der Waals surface area contributed by atoms with Crippen molar-refractivity contribution in [3.05, 3.63) is 64.4 Å². The lowest BCUT2D eigenvalue weighted by Gasteiger charge is -2.34. The van der Waals surface area contributed by atoms with Crippen molar-refractivity contribution in [3.8, 4) is 11.5 Å². The maximum atomic E-state index is 12.8. The molecule has 0 fully saturated rings. The number of fused-ring (bicyclic) bond motifs is 2. The lowest BCUT2D eigenvalue weighted by Crippen LogP contribution is -2.26. The Kier molecular flexibility index (Phi) is 3.47. The minimum Gasteiger partial charge on any atom is -0.478 e. The summed E-state index contributed by atoms with van der Waals surface area (Å²) in [5.41, 5.74) is 4.68. The van der Waals surface area contributed by atoms with Gasteiger partial charge in [0.1, 0.15) is 0 Å². The average molecular weight is 363 g/mol. The summed E-state index contributed by atoms with van der Waals surface area (Å²) in [5.74, 6) is 0.271. The molecule has 0 aromatic heterocycles. The maximum Gasteiger partial charge on any atom is 0.335 e. The van der Waals surface area contributed by atoms with Gasteiger partial charge in [0.15, 0.2) is 17.3 Å². The van der Waals surface area contributed by atoms with Crippen LogP contribution in [0, 0.1) is 0 Å². The van der Waals surface area contributed by atoms with Crippen LogP contribution in [-0.4, -0.2) is 23.7 Å². The van der Waals surface area contributed by atoms with E-state index in [1.165, 1.54) is 0 Å². The summed E-state index contributed by atoms with van der Waals surface area (Å²) in [4.78, 5) is 24.0. The zero-order valence-electron chi connectivity index (χ0n) is 14.5. The highest BCUT2D eigenvalue weighted by atomic mass is 16.7. The number of aromatic carboxylic acids is 1. The largest absolute Gasteiger partial charge is 0.478 e. The highest BCUT2D eigenvalue weighted by Crippen LogP contribution is 2.49. The molecule has 27 heavy (non-hydrogen) atoms. The smallest absolute Gasteiger partial charge is 0.335 e. The van der Waals surface area contributed by atoms with E-state index in [1.54, 1.807) is 24.3 Å². The summed E-state index contributed by atoms with van der Waals surface area (Å²) in [7, 11) is 0. The second kappa shape index (κ2) is 5.87. The Morgan fingerprint density at radius 1 is 1.07 bits per heavy atom. The highest BCUT2D eigenvalue weighted by molar-refractivity contribution is 6.01. The van der Waals surface area contributed by atoms with E-state index in [0.29, 0.717) is 17.9 Å². The predicted molar refractivity (Wildman–Crippen MR) is 97.3 cm³/mol. The van der Waals surface area contributed by atoms with Gasteiger partial charge in [-0.05, 0) is 42.2 Å². The van der Waals surface area contributed by atoms with Crippen molar-refractivity contribution < 1.29 is 24.2 Å². The quantitative estimate of drug-likeness (QED) is 0.847. The van der Waals surface area contributed by atoms with Gasteiger partial charge < -0.3 is 19.9 Å². The Labute approximate surface area is 155 Å². The second-order valence-electron chi connectivity index (χ2n) is 6.95. The Balaban J connectivity index is 1.69. The van der Waals surface area contributed by atoms with Crippen molar-refractivity contribution in [2.75, 3.05) is 12.1 Å². The number of benzene rings is 2. The molecule has 2 aliphatic heterocycles. The minimum atomic E-state index is -0.968. The zero-order chi connectivity index (χ0) is 18.5. The van der Waals surface area contributed by atoms with Gasteiger partial charge >= 0.3 is 5.97 Å². The topological polar surface area (TPSA) is 84.9 Å². The molecule has 136 valence electrons. The van der Waals surface area contributed by atoms with E-state index in [2.05, 4.69) is 5.32 Å². The molecule has 5 rings (SSSR count). The van der Waals surface area contributed by atoms with Crippen LogP contribution in [0.4, 0.5) is 5.69 Å². The first kappa shape index (κ1) is 15.9. The SMILES string of the molecule is O=C1CCCC2=C1C(c1ccc(C(=O)O)cc1)c1cc3c(cc1N2)OCO3. The third kappa shape index (κ3) is 2.48. The van der Waals surface area contributed by atoms with E-state index >= 15 is 0 Å². The number of carbonyl (C=O) groups is 2. The lowest BCUT2D eigenvalue weighted by molar-refractivity contribution is -0.116. The molecule has 6 nitrogen and oxygen atoms in total. The van der Waals surface area contributed by atoms with E-state index in [0.717, 1.165) is 40.9 Å². The van der Waals surface area contributed by atoms with Crippen LogP contribution in [0.2, 0.25) is 0 Å². The molecular formula is C21H17NO5. The summed E-state index contributed by atoms with van der Waals surface area (Å²) in [5, 5.41) is 12.6. The number of hydrogen-bond donors (Lipinski definition) is 2. The Hall–Kier alpha value is -3.28. The number of ketones is 1. The molecule has 0 bridgehead atoms. The molecule has 0 amide bonds. The normalized spacial score (nSPS) is 20.0. The first-order valence-corrected chi connectivity index (χ1v) is 8.92. The summed E-state index contributed by atoms with van der Waals surface area (Å²) in [6, 6.07) is 10.6. The van der Waals surface area contributed by atoms with Crippen molar-refractivity contribution >= 4 is 17.4 Å². The van der Waals surface area contributed by atoms with Crippen molar-refractivity contribution in [2.24, 2.45) is 0 Å². The molecule has 1 atom stereocenters. The monoisotopic (exact) mass is 363 g/mol. The molecule has 0 saturated heterocycles. The van der Waals surface area contributed by atoms with Gasteiger partial charge in [0.25, 0.3) is 0 Å². The lowest BCUT2D eigenvalue weighted by atomic mass is 9.75. The maximum absolute atomic E-state index is 12.8. The third-order valence-corrected chi connectivity index (χ3v) is 5.38. The molecule has 2 aromatic rings. The van der Waals surface area contributed by atoms with Crippen molar-refractivity contribution in [1.82, 2.24) is 0 Å². The summed E-state index contributed by atoms with van der Waals surface area (Å²) in [6.07, 6.45) is 2.18. The van der Waals surface area contributed by atoms with E-state index in [9.17, 15) is 14.7 Å². The van der Waals surface area contributed by atoms with Crippen LogP contribution in [0.5, 0.6) is 11.5 Å². The number of ether oxygens (including phenoxy) is 2. The van der Waals surface area contributed by atoms with Crippen molar-refractivity contribution in [2.45, 2.75) is 25.2 Å². The van der Waals surface area contributed by atoms with E-state index in [-0.39, 0.29) is 24.1 Å². The number of carbonyl (C=O) groups excluding carboxylic acids is 1. The molecule has 6 heteroatoms. The van der Waals surface area contributed by atoms with E-state index < -0.39 is 5.97 Å². The fraction of sp³-hybridized carbons (Fsp3) is 0.238. The number of rotatable bonds is 2. The molecule has 3 aliphatic rings. The van der Waals surface area contributed by atoms with Gasteiger partial charge in [0.2, 0.25) is 6.79 Å². The predicted octanol–water partition coefficient (Wildman–Crippen LogP) is 3.68. The Morgan fingerprint density at radius 2 is 1.81 bits per heavy atom.